The van der Waals surface area contributed by atoms with Crippen LogP contribution in [0.25, 0.3) is 16.2 Å². The molecule has 0 aliphatic heterocycles. The highest BCUT2D eigenvalue weighted by atomic mass is 32.1. The number of halogens is 3. The zero-order chi connectivity index (χ0) is 21.3. The number of rotatable bonds is 6. The fourth-order valence-electron chi connectivity index (χ4n) is 3.13. The highest BCUT2D eigenvalue weighted by molar-refractivity contribution is 7.20. The van der Waals surface area contributed by atoms with Crippen LogP contribution >= 0.6 is 11.3 Å². The van der Waals surface area contributed by atoms with Gasteiger partial charge in [-0.2, -0.15) is 13.2 Å². The minimum Gasteiger partial charge on any atom is -0.358 e. The predicted octanol–water partition coefficient (Wildman–Crippen LogP) is 4.59. The normalized spacial score (nSPS) is 13.1. The Bertz CT molecular complexity index is 1100. The van der Waals surface area contributed by atoms with E-state index in [-0.39, 0.29) is 6.04 Å². The predicted molar refractivity (Wildman–Crippen MR) is 110 cm³/mol. The van der Waals surface area contributed by atoms with Gasteiger partial charge < -0.3 is 10.2 Å². The Morgan fingerprint density at radius 1 is 1.20 bits per heavy atom. The average Bonchev–Trinajstić information content (AvgIpc) is 3.27. The SMILES string of the molecule is CN(C)C(CNc1nn2cc(-c3cccnc3)nc2s1)c1cccc(C(F)(F)F)c1. The van der Waals surface area contributed by atoms with Crippen LogP contribution in [0.3, 0.4) is 0 Å². The summed E-state index contributed by atoms with van der Waals surface area (Å²) in [5.74, 6) is 0. The molecule has 0 aliphatic carbocycles. The molecule has 1 atom stereocenters. The third-order valence-corrected chi connectivity index (χ3v) is 5.55. The number of fused-ring (bicyclic) bond motifs is 1. The largest absolute Gasteiger partial charge is 0.416 e. The molecule has 0 radical (unpaired) electrons. The van der Waals surface area contributed by atoms with Crippen molar-refractivity contribution >= 4 is 21.4 Å². The molecule has 6 nitrogen and oxygen atoms in total. The molecular weight excluding hydrogens is 413 g/mol. The van der Waals surface area contributed by atoms with Gasteiger partial charge in [0.15, 0.2) is 0 Å². The van der Waals surface area contributed by atoms with E-state index in [9.17, 15) is 13.2 Å². The molecule has 0 bridgehead atoms. The third kappa shape index (κ3) is 4.29. The summed E-state index contributed by atoms with van der Waals surface area (Å²) in [5, 5.41) is 8.36. The summed E-state index contributed by atoms with van der Waals surface area (Å²) in [6.45, 7) is 0.403. The number of benzene rings is 1. The summed E-state index contributed by atoms with van der Waals surface area (Å²) >= 11 is 1.38. The minimum absolute atomic E-state index is 0.255. The molecule has 3 aromatic heterocycles. The van der Waals surface area contributed by atoms with Gasteiger partial charge >= 0.3 is 6.18 Å². The second-order valence-corrected chi connectivity index (χ2v) is 7.94. The Hall–Kier alpha value is -2.98. The van der Waals surface area contributed by atoms with Gasteiger partial charge in [0, 0.05) is 24.5 Å². The number of pyridine rings is 1. The second-order valence-electron chi connectivity index (χ2n) is 6.99. The molecule has 3 heterocycles. The van der Waals surface area contributed by atoms with Crippen molar-refractivity contribution in [3.63, 3.8) is 0 Å². The maximum absolute atomic E-state index is 13.1. The van der Waals surface area contributed by atoms with E-state index in [1.165, 1.54) is 23.5 Å². The van der Waals surface area contributed by atoms with Crippen molar-refractivity contribution < 1.29 is 13.2 Å². The van der Waals surface area contributed by atoms with Crippen LogP contribution in [-0.2, 0) is 6.18 Å². The number of hydrogen-bond acceptors (Lipinski definition) is 6. The number of likely N-dealkylation sites (N-methyl/N-ethyl adjacent to an activating group) is 1. The Morgan fingerprint density at radius 2 is 2.03 bits per heavy atom. The van der Waals surface area contributed by atoms with E-state index in [1.54, 1.807) is 23.0 Å². The van der Waals surface area contributed by atoms with Gasteiger partial charge in [0.25, 0.3) is 0 Å². The molecule has 1 N–H and O–H groups in total. The van der Waals surface area contributed by atoms with Crippen LogP contribution in [0.5, 0.6) is 0 Å². The quantitative estimate of drug-likeness (QED) is 0.483. The van der Waals surface area contributed by atoms with Crippen LogP contribution in [0.1, 0.15) is 17.2 Å². The van der Waals surface area contributed by atoms with Crippen molar-refractivity contribution in [3.8, 4) is 11.3 Å². The molecular formula is C20H19F3N6S. The Kier molecular flexibility index (Phi) is 5.44. The van der Waals surface area contributed by atoms with E-state index in [2.05, 4.69) is 20.4 Å². The van der Waals surface area contributed by atoms with Crippen molar-refractivity contribution in [1.29, 1.82) is 0 Å². The fourth-order valence-corrected chi connectivity index (χ4v) is 3.92. The van der Waals surface area contributed by atoms with Crippen LogP contribution < -0.4 is 5.32 Å². The topological polar surface area (TPSA) is 58.4 Å². The number of aromatic nitrogens is 4. The van der Waals surface area contributed by atoms with E-state index in [0.29, 0.717) is 17.2 Å². The van der Waals surface area contributed by atoms with Crippen molar-refractivity contribution in [2.75, 3.05) is 26.0 Å². The number of anilines is 1. The molecule has 10 heteroatoms. The van der Waals surface area contributed by atoms with Gasteiger partial charge in [-0.1, -0.05) is 23.5 Å². The van der Waals surface area contributed by atoms with Crippen molar-refractivity contribution in [2.24, 2.45) is 0 Å². The molecule has 0 amide bonds. The van der Waals surface area contributed by atoms with E-state index < -0.39 is 11.7 Å². The van der Waals surface area contributed by atoms with Crippen LogP contribution in [0.2, 0.25) is 0 Å². The summed E-state index contributed by atoms with van der Waals surface area (Å²) in [6.07, 6.45) is 0.896. The van der Waals surface area contributed by atoms with Gasteiger partial charge in [-0.25, -0.2) is 9.50 Å². The molecule has 0 saturated carbocycles. The summed E-state index contributed by atoms with van der Waals surface area (Å²) in [4.78, 5) is 11.3. The van der Waals surface area contributed by atoms with E-state index >= 15 is 0 Å². The molecule has 0 saturated heterocycles. The van der Waals surface area contributed by atoms with Crippen molar-refractivity contribution in [3.05, 3.63) is 66.1 Å². The van der Waals surface area contributed by atoms with E-state index in [1.807, 2.05) is 37.3 Å². The molecule has 1 unspecified atom stereocenters. The molecule has 30 heavy (non-hydrogen) atoms. The van der Waals surface area contributed by atoms with Gasteiger partial charge in [0.05, 0.1) is 23.5 Å². The first kappa shape index (κ1) is 20.3. The van der Waals surface area contributed by atoms with Crippen LogP contribution in [0.15, 0.2) is 55.0 Å². The number of alkyl halides is 3. The van der Waals surface area contributed by atoms with Crippen LogP contribution in [-0.4, -0.2) is 45.1 Å². The van der Waals surface area contributed by atoms with Gasteiger partial charge in [-0.3, -0.25) is 4.98 Å². The van der Waals surface area contributed by atoms with Gasteiger partial charge in [0.1, 0.15) is 0 Å². The smallest absolute Gasteiger partial charge is 0.358 e. The maximum atomic E-state index is 13.1. The molecule has 4 aromatic rings. The number of nitrogens with zero attached hydrogens (tertiary/aromatic N) is 5. The lowest BCUT2D eigenvalue weighted by Gasteiger charge is -2.25. The summed E-state index contributed by atoms with van der Waals surface area (Å²) in [5.41, 5.74) is 1.62. The molecule has 156 valence electrons. The van der Waals surface area contributed by atoms with Crippen molar-refractivity contribution in [1.82, 2.24) is 24.5 Å². The zero-order valence-corrected chi connectivity index (χ0v) is 17.1. The lowest BCUT2D eigenvalue weighted by molar-refractivity contribution is -0.137. The highest BCUT2D eigenvalue weighted by Crippen LogP contribution is 2.32. The molecule has 0 spiro atoms. The average molecular weight is 432 g/mol. The molecule has 0 fully saturated rings. The third-order valence-electron chi connectivity index (χ3n) is 4.67. The van der Waals surface area contributed by atoms with Gasteiger partial charge in [-0.05, 0) is 43.9 Å². The Balaban J connectivity index is 1.51. The maximum Gasteiger partial charge on any atom is 0.416 e. The fraction of sp³-hybridized carbons (Fsp3) is 0.250. The van der Waals surface area contributed by atoms with E-state index in [0.717, 1.165) is 22.3 Å². The van der Waals surface area contributed by atoms with Crippen LogP contribution in [0, 0.1) is 0 Å². The number of hydrogen-bond donors (Lipinski definition) is 1. The number of imidazole rings is 1. The molecule has 0 aliphatic rings. The van der Waals surface area contributed by atoms with Gasteiger partial charge in [-0.15, -0.1) is 5.10 Å². The first-order chi connectivity index (χ1) is 14.3. The first-order valence-corrected chi connectivity index (χ1v) is 9.97. The minimum atomic E-state index is -4.37. The zero-order valence-electron chi connectivity index (χ0n) is 16.3. The lowest BCUT2D eigenvalue weighted by Crippen LogP contribution is -2.27. The number of nitrogens with one attached hydrogen (secondary N) is 1. The Morgan fingerprint density at radius 3 is 2.70 bits per heavy atom. The summed E-state index contributed by atoms with van der Waals surface area (Å²) < 4.78 is 40.9. The standard InChI is InChI=1S/C20H19F3N6S/c1-28(2)17(13-5-3-7-15(9-13)20(21,22)23)11-25-18-27-29-12-16(26-19(29)30-18)14-6-4-8-24-10-14/h3-10,12,17H,11H2,1-2H3,(H,25,27). The Labute approximate surface area is 175 Å². The highest BCUT2D eigenvalue weighted by Gasteiger charge is 2.31. The van der Waals surface area contributed by atoms with Gasteiger partial charge in [0.2, 0.25) is 10.1 Å². The molecule has 4 rings (SSSR count). The van der Waals surface area contributed by atoms with E-state index in [4.69, 9.17) is 0 Å². The monoisotopic (exact) mass is 432 g/mol. The second kappa shape index (κ2) is 8.04. The van der Waals surface area contributed by atoms with Crippen molar-refractivity contribution in [2.45, 2.75) is 12.2 Å². The lowest BCUT2D eigenvalue weighted by atomic mass is 10.0. The molecule has 1 aromatic carbocycles. The first-order valence-electron chi connectivity index (χ1n) is 9.15. The summed E-state index contributed by atoms with van der Waals surface area (Å²) in [7, 11) is 3.67. The summed E-state index contributed by atoms with van der Waals surface area (Å²) in [6, 6.07) is 8.94. The van der Waals surface area contributed by atoms with Crippen LogP contribution in [0.4, 0.5) is 18.3 Å².